The van der Waals surface area contributed by atoms with Crippen LogP contribution in [0.25, 0.3) is 0 Å². The molecule has 2 N–H and O–H groups in total. The van der Waals surface area contributed by atoms with Gasteiger partial charge in [-0.05, 0) is 31.8 Å². The van der Waals surface area contributed by atoms with Crippen molar-refractivity contribution in [2.24, 2.45) is 5.73 Å². The van der Waals surface area contributed by atoms with Crippen LogP contribution in [-0.4, -0.2) is 98.1 Å². The Bertz CT molecular complexity index is 1000. The number of nitrogens with zero attached hydrogens (tertiary/aromatic N) is 6. The molecule has 4 heterocycles. The van der Waals surface area contributed by atoms with E-state index in [-0.39, 0.29) is 6.42 Å². The number of amides is 1. The molecule has 2 fully saturated rings. The minimum Gasteiger partial charge on any atom is -0.447 e. The molecule has 4 rings (SSSR count). The quantitative estimate of drug-likeness (QED) is 0.575. The van der Waals surface area contributed by atoms with Crippen LogP contribution in [0.1, 0.15) is 17.2 Å². The summed E-state index contributed by atoms with van der Waals surface area (Å²) in [5.74, 6) is -1.26. The molecular formula is C24H33N7O3. The summed E-state index contributed by atoms with van der Waals surface area (Å²) >= 11 is 0. The minimum absolute atomic E-state index is 0.00391. The second kappa shape index (κ2) is 10.8. The number of hydrogen-bond acceptors (Lipinski definition) is 9. The lowest BCUT2D eigenvalue weighted by Gasteiger charge is -2.34. The summed E-state index contributed by atoms with van der Waals surface area (Å²) in [6.45, 7) is 7.39. The number of primary amides is 1. The summed E-state index contributed by atoms with van der Waals surface area (Å²) in [4.78, 5) is 42.5. The van der Waals surface area contributed by atoms with Crippen molar-refractivity contribution in [1.82, 2.24) is 19.8 Å². The standard InChI is InChI=1S/C24H33N7O3/c1-28-3-7-30(8-4-28)20-11-18(14-26-16-20)12-22(32)34-23(24(25)33)19-13-21(17-27-15-19)31-9-5-29(2)6-10-31/h11,13-17,23H,3-10,12H2,1-2H3,(H2,25,33). The Hall–Kier alpha value is -3.24. The molecule has 0 saturated carbocycles. The number of rotatable bonds is 7. The van der Waals surface area contributed by atoms with Gasteiger partial charge in [0.2, 0.25) is 6.10 Å². The third-order valence-corrected chi connectivity index (χ3v) is 6.42. The molecule has 2 saturated heterocycles. The fraction of sp³-hybridized carbons (Fsp3) is 0.500. The molecule has 182 valence electrons. The van der Waals surface area contributed by atoms with Gasteiger partial charge in [-0.2, -0.15) is 0 Å². The van der Waals surface area contributed by atoms with Gasteiger partial charge in [-0.25, -0.2) is 0 Å². The maximum absolute atomic E-state index is 12.7. The summed E-state index contributed by atoms with van der Waals surface area (Å²) in [5.41, 5.74) is 8.67. The van der Waals surface area contributed by atoms with E-state index >= 15 is 0 Å². The van der Waals surface area contributed by atoms with E-state index in [9.17, 15) is 9.59 Å². The van der Waals surface area contributed by atoms with Crippen molar-refractivity contribution in [2.75, 3.05) is 76.3 Å². The van der Waals surface area contributed by atoms with Crippen molar-refractivity contribution < 1.29 is 14.3 Å². The normalized spacial score (nSPS) is 18.5. The first kappa shape index (κ1) is 23.9. The molecule has 1 unspecified atom stereocenters. The molecular weight excluding hydrogens is 434 g/mol. The molecule has 0 spiro atoms. The van der Waals surface area contributed by atoms with Crippen LogP contribution < -0.4 is 15.5 Å². The van der Waals surface area contributed by atoms with Crippen LogP contribution >= 0.6 is 0 Å². The van der Waals surface area contributed by atoms with Gasteiger partial charge in [0.25, 0.3) is 5.91 Å². The third kappa shape index (κ3) is 6.00. The van der Waals surface area contributed by atoms with Crippen LogP contribution in [0.15, 0.2) is 36.9 Å². The fourth-order valence-electron chi connectivity index (χ4n) is 4.26. The van der Waals surface area contributed by atoms with Crippen molar-refractivity contribution in [2.45, 2.75) is 12.5 Å². The van der Waals surface area contributed by atoms with Crippen molar-refractivity contribution in [3.63, 3.8) is 0 Å². The molecule has 2 aliphatic rings. The first-order chi connectivity index (χ1) is 16.4. The number of carbonyl (C=O) groups is 2. The number of aromatic nitrogens is 2. The van der Waals surface area contributed by atoms with Gasteiger partial charge in [0.05, 0.1) is 30.2 Å². The summed E-state index contributed by atoms with van der Waals surface area (Å²) in [7, 11) is 4.19. The maximum Gasteiger partial charge on any atom is 0.311 e. The van der Waals surface area contributed by atoms with Crippen LogP contribution in [0, 0.1) is 0 Å². The Morgan fingerprint density at radius 1 is 0.853 bits per heavy atom. The van der Waals surface area contributed by atoms with Crippen molar-refractivity contribution in [1.29, 1.82) is 0 Å². The molecule has 10 nitrogen and oxygen atoms in total. The predicted molar refractivity (Wildman–Crippen MR) is 130 cm³/mol. The zero-order valence-corrected chi connectivity index (χ0v) is 19.9. The van der Waals surface area contributed by atoms with E-state index in [2.05, 4.69) is 43.7 Å². The monoisotopic (exact) mass is 467 g/mol. The highest BCUT2D eigenvalue weighted by Crippen LogP contribution is 2.24. The Balaban J connectivity index is 1.42. The summed E-state index contributed by atoms with van der Waals surface area (Å²) in [6, 6.07) is 3.78. The molecule has 34 heavy (non-hydrogen) atoms. The molecule has 2 aromatic heterocycles. The SMILES string of the molecule is CN1CCN(c2cncc(CC(=O)OC(C(N)=O)c3cncc(N4CCN(C)CC4)c3)c2)CC1. The Morgan fingerprint density at radius 3 is 1.94 bits per heavy atom. The van der Waals surface area contributed by atoms with E-state index < -0.39 is 18.0 Å². The Kier molecular flexibility index (Phi) is 7.59. The second-order valence-electron chi connectivity index (χ2n) is 9.06. The van der Waals surface area contributed by atoms with E-state index in [1.807, 2.05) is 18.3 Å². The Labute approximate surface area is 200 Å². The van der Waals surface area contributed by atoms with Gasteiger partial charge in [-0.3, -0.25) is 19.6 Å². The average molecular weight is 468 g/mol. The summed E-state index contributed by atoms with van der Waals surface area (Å²) in [6.07, 6.45) is 5.55. The zero-order valence-electron chi connectivity index (χ0n) is 19.9. The van der Waals surface area contributed by atoms with E-state index in [0.717, 1.165) is 69.3 Å². The van der Waals surface area contributed by atoms with Gasteiger partial charge in [0.15, 0.2) is 0 Å². The third-order valence-electron chi connectivity index (χ3n) is 6.42. The lowest BCUT2D eigenvalue weighted by atomic mass is 10.1. The second-order valence-corrected chi connectivity index (χ2v) is 9.06. The van der Waals surface area contributed by atoms with Gasteiger partial charge >= 0.3 is 5.97 Å². The number of carbonyl (C=O) groups excluding carboxylic acids is 2. The van der Waals surface area contributed by atoms with Crippen LogP contribution in [0.3, 0.4) is 0 Å². The van der Waals surface area contributed by atoms with Gasteiger partial charge in [0.1, 0.15) is 0 Å². The van der Waals surface area contributed by atoms with Crippen LogP contribution in [0.2, 0.25) is 0 Å². The smallest absolute Gasteiger partial charge is 0.311 e. The number of piperazine rings is 2. The van der Waals surface area contributed by atoms with Crippen LogP contribution in [0.5, 0.6) is 0 Å². The number of esters is 1. The molecule has 1 atom stereocenters. The number of hydrogen-bond donors (Lipinski definition) is 1. The van der Waals surface area contributed by atoms with Gasteiger partial charge in [-0.15, -0.1) is 0 Å². The highest BCUT2D eigenvalue weighted by atomic mass is 16.5. The van der Waals surface area contributed by atoms with Gasteiger partial charge < -0.3 is 30.1 Å². The zero-order chi connectivity index (χ0) is 24.1. The lowest BCUT2D eigenvalue weighted by molar-refractivity contribution is -0.154. The first-order valence-corrected chi connectivity index (χ1v) is 11.6. The number of nitrogens with two attached hydrogens (primary N) is 1. The Morgan fingerprint density at radius 2 is 1.38 bits per heavy atom. The molecule has 0 radical (unpaired) electrons. The maximum atomic E-state index is 12.7. The van der Waals surface area contributed by atoms with E-state index in [4.69, 9.17) is 10.5 Å². The first-order valence-electron chi connectivity index (χ1n) is 11.6. The number of pyridine rings is 2. The van der Waals surface area contributed by atoms with Gasteiger partial charge in [-0.1, -0.05) is 0 Å². The number of ether oxygens (including phenoxy) is 1. The summed E-state index contributed by atoms with van der Waals surface area (Å²) in [5, 5.41) is 0. The molecule has 2 aromatic rings. The predicted octanol–water partition coefficient (Wildman–Crippen LogP) is 0.293. The minimum atomic E-state index is -1.19. The average Bonchev–Trinajstić information content (AvgIpc) is 2.83. The molecule has 10 heteroatoms. The molecule has 0 bridgehead atoms. The van der Waals surface area contributed by atoms with Crippen molar-refractivity contribution in [3.8, 4) is 0 Å². The number of likely N-dealkylation sites (N-methyl/N-ethyl adjacent to an activating group) is 2. The van der Waals surface area contributed by atoms with Crippen LogP contribution in [0.4, 0.5) is 11.4 Å². The van der Waals surface area contributed by atoms with Crippen molar-refractivity contribution in [3.05, 3.63) is 48.0 Å². The molecule has 0 aromatic carbocycles. The number of anilines is 2. The van der Waals surface area contributed by atoms with Crippen molar-refractivity contribution >= 4 is 23.3 Å². The van der Waals surface area contributed by atoms with E-state index in [1.165, 1.54) is 6.20 Å². The largest absolute Gasteiger partial charge is 0.447 e. The molecule has 0 aliphatic carbocycles. The molecule has 2 aliphatic heterocycles. The fourth-order valence-corrected chi connectivity index (χ4v) is 4.26. The summed E-state index contributed by atoms with van der Waals surface area (Å²) < 4.78 is 5.53. The van der Waals surface area contributed by atoms with Gasteiger partial charge in [0, 0.05) is 70.3 Å². The van der Waals surface area contributed by atoms with E-state index in [1.54, 1.807) is 12.4 Å². The van der Waals surface area contributed by atoms with Crippen LogP contribution in [-0.2, 0) is 20.7 Å². The topological polar surface area (TPSA) is 108 Å². The molecule has 1 amide bonds. The van der Waals surface area contributed by atoms with E-state index in [0.29, 0.717) is 5.56 Å². The highest BCUT2D eigenvalue weighted by molar-refractivity contribution is 5.84. The lowest BCUT2D eigenvalue weighted by Crippen LogP contribution is -2.44. The highest BCUT2D eigenvalue weighted by Gasteiger charge is 2.25.